The number of likely N-dealkylation sites (N-methyl/N-ethyl adjacent to an activating group) is 1. The van der Waals surface area contributed by atoms with Crippen LogP contribution < -0.4 is 26.4 Å². The highest BCUT2D eigenvalue weighted by atomic mass is 35.5. The molecule has 1 heterocycles. The van der Waals surface area contributed by atoms with Crippen molar-refractivity contribution in [2.75, 3.05) is 18.6 Å². The molecule has 0 aliphatic rings. The van der Waals surface area contributed by atoms with Crippen molar-refractivity contribution in [3.05, 3.63) is 97.7 Å². The molecule has 0 aliphatic heterocycles. The number of nitrogens with one attached hydrogen (secondary N) is 3. The smallest absolute Gasteiger partial charge is 0.272 e. The lowest BCUT2D eigenvalue weighted by Gasteiger charge is -2.14. The van der Waals surface area contributed by atoms with Crippen LogP contribution in [0.1, 0.15) is 34.7 Å². The van der Waals surface area contributed by atoms with E-state index >= 15 is 0 Å². The zero-order valence-electron chi connectivity index (χ0n) is 20.9. The van der Waals surface area contributed by atoms with Crippen molar-refractivity contribution >= 4 is 23.4 Å². The summed E-state index contributed by atoms with van der Waals surface area (Å²) in [6.45, 7) is 4.08. The Kier molecular flexibility index (Phi) is 9.85. The first-order valence-corrected chi connectivity index (χ1v) is 12.2. The highest BCUT2D eigenvalue weighted by Gasteiger charge is 2.14. The molecule has 0 fully saturated rings. The normalized spacial score (nSPS) is 10.4. The predicted octanol–water partition coefficient (Wildman–Crippen LogP) is 2.94. The molecule has 0 bridgehead atoms. The Morgan fingerprint density at radius 2 is 1.89 bits per heavy atom. The van der Waals surface area contributed by atoms with E-state index in [1.807, 2.05) is 0 Å². The van der Waals surface area contributed by atoms with E-state index in [0.717, 1.165) is 0 Å². The standard InChI is InChI=1S/C27H27ClFN5O4/c1-3-31-26(36)16-38-24-7-5-21(28)11-20(24)15-32-25(35)12-22-17(2)8-9-34(27(22)37)33-14-18-4-6-23(29)19(10-18)13-30/h4-11,33H,3,12,14-16H2,1-2H3,(H,31,36)(H,32,35). The van der Waals surface area contributed by atoms with Gasteiger partial charge in [-0.3, -0.25) is 14.4 Å². The number of hydrogen-bond acceptors (Lipinski definition) is 6. The van der Waals surface area contributed by atoms with Crippen LogP contribution in [0.25, 0.3) is 0 Å². The molecule has 9 nitrogen and oxygen atoms in total. The third kappa shape index (κ3) is 7.57. The van der Waals surface area contributed by atoms with Gasteiger partial charge in [0.25, 0.3) is 11.5 Å². The number of rotatable bonds is 11. The molecule has 2 amide bonds. The molecule has 198 valence electrons. The van der Waals surface area contributed by atoms with Gasteiger partial charge in [0, 0.05) is 35.4 Å². The molecule has 3 aromatic rings. The molecule has 0 spiro atoms. The lowest BCUT2D eigenvalue weighted by atomic mass is 10.1. The van der Waals surface area contributed by atoms with Crippen molar-refractivity contribution in [2.45, 2.75) is 33.4 Å². The first kappa shape index (κ1) is 28.2. The first-order chi connectivity index (χ1) is 18.2. The largest absolute Gasteiger partial charge is 0.483 e. The van der Waals surface area contributed by atoms with E-state index in [9.17, 15) is 18.8 Å². The summed E-state index contributed by atoms with van der Waals surface area (Å²) in [5.74, 6) is -0.874. The first-order valence-electron chi connectivity index (χ1n) is 11.8. The van der Waals surface area contributed by atoms with Crippen LogP contribution in [0.15, 0.2) is 53.5 Å². The molecule has 11 heteroatoms. The van der Waals surface area contributed by atoms with Gasteiger partial charge in [-0.05, 0) is 61.4 Å². The van der Waals surface area contributed by atoms with E-state index in [2.05, 4.69) is 16.1 Å². The van der Waals surface area contributed by atoms with Gasteiger partial charge in [-0.25, -0.2) is 9.07 Å². The van der Waals surface area contributed by atoms with Crippen LogP contribution >= 0.6 is 11.6 Å². The number of ether oxygens (including phenoxy) is 1. The van der Waals surface area contributed by atoms with Crippen LogP contribution in [0.5, 0.6) is 5.75 Å². The van der Waals surface area contributed by atoms with Gasteiger partial charge < -0.3 is 20.8 Å². The number of nitrogens with zero attached hydrogens (tertiary/aromatic N) is 2. The van der Waals surface area contributed by atoms with E-state index < -0.39 is 17.3 Å². The molecule has 0 atom stereocenters. The van der Waals surface area contributed by atoms with Crippen molar-refractivity contribution in [1.29, 1.82) is 5.26 Å². The number of aromatic nitrogens is 1. The maximum absolute atomic E-state index is 13.6. The number of carbonyl (C=O) groups excluding carboxylic acids is 2. The zero-order chi connectivity index (χ0) is 27.7. The number of carbonyl (C=O) groups is 2. The number of nitriles is 1. The summed E-state index contributed by atoms with van der Waals surface area (Å²) < 4.78 is 20.4. The van der Waals surface area contributed by atoms with Crippen molar-refractivity contribution in [3.63, 3.8) is 0 Å². The Bertz CT molecular complexity index is 1430. The Morgan fingerprint density at radius 1 is 1.11 bits per heavy atom. The second-order valence-corrected chi connectivity index (χ2v) is 8.80. The van der Waals surface area contributed by atoms with Gasteiger partial charge in [0.15, 0.2) is 6.61 Å². The third-order valence-electron chi connectivity index (χ3n) is 5.60. The minimum absolute atomic E-state index is 0.0776. The van der Waals surface area contributed by atoms with Crippen molar-refractivity contribution < 1.29 is 18.7 Å². The summed E-state index contributed by atoms with van der Waals surface area (Å²) in [5, 5.41) is 14.8. The fourth-order valence-corrected chi connectivity index (χ4v) is 3.78. The quantitative estimate of drug-likeness (QED) is 0.344. The van der Waals surface area contributed by atoms with Gasteiger partial charge in [-0.15, -0.1) is 0 Å². The van der Waals surface area contributed by atoms with Crippen molar-refractivity contribution in [2.24, 2.45) is 0 Å². The molecule has 38 heavy (non-hydrogen) atoms. The summed E-state index contributed by atoms with van der Waals surface area (Å²) in [5.41, 5.74) is 4.56. The number of pyridine rings is 1. The molecule has 0 radical (unpaired) electrons. The highest BCUT2D eigenvalue weighted by molar-refractivity contribution is 6.30. The zero-order valence-corrected chi connectivity index (χ0v) is 21.7. The number of benzene rings is 2. The summed E-state index contributed by atoms with van der Waals surface area (Å²) in [6.07, 6.45) is 1.37. The van der Waals surface area contributed by atoms with Gasteiger partial charge in [0.2, 0.25) is 5.91 Å². The molecule has 0 unspecified atom stereocenters. The molecule has 3 rings (SSSR count). The SMILES string of the molecule is CCNC(=O)COc1ccc(Cl)cc1CNC(=O)Cc1c(C)ccn(NCc2ccc(F)c(C#N)c2)c1=O. The van der Waals surface area contributed by atoms with Crippen molar-refractivity contribution in [1.82, 2.24) is 15.3 Å². The minimum atomic E-state index is -0.615. The van der Waals surface area contributed by atoms with Gasteiger partial charge in [0.1, 0.15) is 17.6 Å². The number of amides is 2. The monoisotopic (exact) mass is 539 g/mol. The average molecular weight is 540 g/mol. The lowest BCUT2D eigenvalue weighted by Crippen LogP contribution is -2.34. The Morgan fingerprint density at radius 3 is 2.63 bits per heavy atom. The maximum Gasteiger partial charge on any atom is 0.272 e. The van der Waals surface area contributed by atoms with Crippen molar-refractivity contribution in [3.8, 4) is 11.8 Å². The Labute approximate surface area is 224 Å². The number of hydrogen-bond donors (Lipinski definition) is 3. The van der Waals surface area contributed by atoms with Crippen LogP contribution in [0.3, 0.4) is 0 Å². The predicted molar refractivity (Wildman–Crippen MR) is 141 cm³/mol. The maximum atomic E-state index is 13.6. The lowest BCUT2D eigenvalue weighted by molar-refractivity contribution is -0.123. The average Bonchev–Trinajstić information content (AvgIpc) is 2.89. The second-order valence-electron chi connectivity index (χ2n) is 8.36. The summed E-state index contributed by atoms with van der Waals surface area (Å²) in [4.78, 5) is 37.5. The van der Waals surface area contributed by atoms with Crippen LogP contribution in [0.2, 0.25) is 5.02 Å². The van der Waals surface area contributed by atoms with E-state index in [4.69, 9.17) is 21.6 Å². The van der Waals surface area contributed by atoms with Gasteiger partial charge in [0.05, 0.1) is 18.5 Å². The van der Waals surface area contributed by atoms with E-state index in [-0.39, 0.29) is 37.6 Å². The fraction of sp³-hybridized carbons (Fsp3) is 0.259. The molecule has 0 saturated carbocycles. The van der Waals surface area contributed by atoms with Crippen LogP contribution in [-0.4, -0.2) is 29.6 Å². The third-order valence-corrected chi connectivity index (χ3v) is 5.84. The second kappa shape index (κ2) is 13.3. The molecule has 2 aromatic carbocycles. The molecule has 3 N–H and O–H groups in total. The number of halogens is 2. The molecule has 0 aliphatic carbocycles. The Hall–Kier alpha value is -4.36. The van der Waals surface area contributed by atoms with Gasteiger partial charge in [-0.1, -0.05) is 17.7 Å². The highest BCUT2D eigenvalue weighted by Crippen LogP contribution is 2.23. The van der Waals surface area contributed by atoms with E-state index in [1.54, 1.807) is 44.2 Å². The molecular weight excluding hydrogens is 513 g/mol. The fourth-order valence-electron chi connectivity index (χ4n) is 3.59. The molecule has 1 aromatic heterocycles. The van der Waals surface area contributed by atoms with E-state index in [0.29, 0.717) is 39.6 Å². The molecule has 0 saturated heterocycles. The topological polar surface area (TPSA) is 125 Å². The summed E-state index contributed by atoms with van der Waals surface area (Å²) in [7, 11) is 0. The van der Waals surface area contributed by atoms with Gasteiger partial charge >= 0.3 is 0 Å². The minimum Gasteiger partial charge on any atom is -0.483 e. The number of aryl methyl sites for hydroxylation is 1. The van der Waals surface area contributed by atoms with Crippen LogP contribution in [0.4, 0.5) is 4.39 Å². The van der Waals surface area contributed by atoms with Gasteiger partial charge in [-0.2, -0.15) is 5.26 Å². The van der Waals surface area contributed by atoms with Crippen LogP contribution in [-0.2, 0) is 29.1 Å². The Balaban J connectivity index is 1.66. The molecular formula is C27H27ClFN5O4. The van der Waals surface area contributed by atoms with Crippen LogP contribution in [0, 0.1) is 24.1 Å². The van der Waals surface area contributed by atoms with E-state index in [1.165, 1.54) is 29.1 Å². The summed E-state index contributed by atoms with van der Waals surface area (Å²) >= 11 is 6.10. The summed E-state index contributed by atoms with van der Waals surface area (Å²) in [6, 6.07) is 12.5.